The van der Waals surface area contributed by atoms with E-state index in [4.69, 9.17) is 21.1 Å². The fourth-order valence-electron chi connectivity index (χ4n) is 3.63. The number of hydrogen-bond donors (Lipinski definition) is 1. The zero-order chi connectivity index (χ0) is 19.9. The number of nitrogens with one attached hydrogen (secondary N) is 1. The SMILES string of the molecule is COc1ccc(C(=O)CNCC(c2ccc(Cl)cc2)N2CCCC2)cc1OC. The second kappa shape index (κ2) is 9.92. The Morgan fingerprint density at radius 2 is 1.75 bits per heavy atom. The zero-order valence-electron chi connectivity index (χ0n) is 16.4. The Labute approximate surface area is 171 Å². The number of halogens is 1. The van der Waals surface area contributed by atoms with Gasteiger partial charge in [0, 0.05) is 23.2 Å². The predicted octanol–water partition coefficient (Wildman–Crippen LogP) is 3.97. The minimum atomic E-state index is 0.0252. The van der Waals surface area contributed by atoms with Crippen LogP contribution >= 0.6 is 11.6 Å². The average molecular weight is 403 g/mol. The first-order valence-electron chi connectivity index (χ1n) is 9.58. The molecule has 3 rings (SSSR count). The molecule has 28 heavy (non-hydrogen) atoms. The summed E-state index contributed by atoms with van der Waals surface area (Å²) in [5.41, 5.74) is 1.83. The molecule has 1 unspecified atom stereocenters. The highest BCUT2D eigenvalue weighted by atomic mass is 35.5. The smallest absolute Gasteiger partial charge is 0.176 e. The highest BCUT2D eigenvalue weighted by Gasteiger charge is 2.23. The van der Waals surface area contributed by atoms with E-state index in [2.05, 4.69) is 22.3 Å². The Bertz CT molecular complexity index is 789. The van der Waals surface area contributed by atoms with Gasteiger partial charge in [0.1, 0.15) is 0 Å². The Kier molecular flexibility index (Phi) is 7.31. The molecule has 0 bridgehead atoms. The molecular weight excluding hydrogens is 376 g/mol. The number of Topliss-reactive ketones (excluding diaryl/α,β-unsaturated/α-hetero) is 1. The van der Waals surface area contributed by atoms with E-state index in [9.17, 15) is 4.79 Å². The zero-order valence-corrected chi connectivity index (χ0v) is 17.2. The lowest BCUT2D eigenvalue weighted by Gasteiger charge is -2.28. The topological polar surface area (TPSA) is 50.8 Å². The molecule has 2 aromatic rings. The first-order valence-corrected chi connectivity index (χ1v) is 9.95. The number of hydrogen-bond acceptors (Lipinski definition) is 5. The van der Waals surface area contributed by atoms with Crippen molar-refractivity contribution in [1.29, 1.82) is 0 Å². The predicted molar refractivity (Wildman–Crippen MR) is 112 cm³/mol. The number of rotatable bonds is 9. The third-order valence-electron chi connectivity index (χ3n) is 5.16. The van der Waals surface area contributed by atoms with Crippen molar-refractivity contribution in [3.05, 3.63) is 58.6 Å². The van der Waals surface area contributed by atoms with Crippen LogP contribution in [0.1, 0.15) is 34.8 Å². The van der Waals surface area contributed by atoms with Gasteiger partial charge in [-0.2, -0.15) is 0 Å². The van der Waals surface area contributed by atoms with Crippen LogP contribution < -0.4 is 14.8 Å². The van der Waals surface area contributed by atoms with Gasteiger partial charge < -0.3 is 14.8 Å². The van der Waals surface area contributed by atoms with Gasteiger partial charge >= 0.3 is 0 Å². The molecule has 0 spiro atoms. The molecule has 1 aliphatic rings. The highest BCUT2D eigenvalue weighted by molar-refractivity contribution is 6.30. The van der Waals surface area contributed by atoms with Gasteiger partial charge in [-0.1, -0.05) is 23.7 Å². The second-order valence-corrected chi connectivity index (χ2v) is 7.37. The van der Waals surface area contributed by atoms with Crippen molar-refractivity contribution in [2.45, 2.75) is 18.9 Å². The monoisotopic (exact) mass is 402 g/mol. The van der Waals surface area contributed by atoms with Crippen molar-refractivity contribution in [2.24, 2.45) is 0 Å². The van der Waals surface area contributed by atoms with Crippen LogP contribution in [0.4, 0.5) is 0 Å². The van der Waals surface area contributed by atoms with E-state index >= 15 is 0 Å². The van der Waals surface area contributed by atoms with Crippen LogP contribution in [0.25, 0.3) is 0 Å². The molecule has 2 aromatic carbocycles. The average Bonchev–Trinajstić information content (AvgIpc) is 3.26. The summed E-state index contributed by atoms with van der Waals surface area (Å²) in [6.45, 7) is 3.14. The summed E-state index contributed by atoms with van der Waals surface area (Å²) >= 11 is 6.04. The summed E-state index contributed by atoms with van der Waals surface area (Å²) in [6.07, 6.45) is 2.43. The van der Waals surface area contributed by atoms with Crippen molar-refractivity contribution < 1.29 is 14.3 Å². The molecule has 1 saturated heterocycles. The first kappa shape index (κ1) is 20.6. The highest BCUT2D eigenvalue weighted by Crippen LogP contribution is 2.28. The normalized spacial score (nSPS) is 15.4. The minimum Gasteiger partial charge on any atom is -0.493 e. The van der Waals surface area contributed by atoms with E-state index in [1.165, 1.54) is 18.4 Å². The van der Waals surface area contributed by atoms with Gasteiger partial charge in [0.25, 0.3) is 0 Å². The third kappa shape index (κ3) is 5.04. The largest absolute Gasteiger partial charge is 0.493 e. The van der Waals surface area contributed by atoms with Gasteiger partial charge in [0.2, 0.25) is 0 Å². The molecule has 0 aliphatic carbocycles. The van der Waals surface area contributed by atoms with E-state index in [0.717, 1.165) is 18.1 Å². The molecule has 6 heteroatoms. The lowest BCUT2D eigenvalue weighted by Crippen LogP contribution is -2.36. The summed E-state index contributed by atoms with van der Waals surface area (Å²) in [5.74, 6) is 1.20. The summed E-state index contributed by atoms with van der Waals surface area (Å²) in [5, 5.41) is 4.08. The lowest BCUT2D eigenvalue weighted by molar-refractivity contribution is 0.0987. The van der Waals surface area contributed by atoms with Crippen LogP contribution in [0.3, 0.4) is 0 Å². The fourth-order valence-corrected chi connectivity index (χ4v) is 3.76. The molecule has 5 nitrogen and oxygen atoms in total. The van der Waals surface area contributed by atoms with Gasteiger partial charge in [-0.25, -0.2) is 0 Å². The molecule has 150 valence electrons. The molecule has 1 heterocycles. The maximum absolute atomic E-state index is 12.6. The van der Waals surface area contributed by atoms with Gasteiger partial charge in [0.05, 0.1) is 20.8 Å². The van der Waals surface area contributed by atoms with Crippen molar-refractivity contribution in [3.63, 3.8) is 0 Å². The van der Waals surface area contributed by atoms with Crippen molar-refractivity contribution in [2.75, 3.05) is 40.4 Å². The number of methoxy groups -OCH3 is 2. The second-order valence-electron chi connectivity index (χ2n) is 6.93. The number of carbonyl (C=O) groups excluding carboxylic acids is 1. The van der Waals surface area contributed by atoms with E-state index < -0.39 is 0 Å². The summed E-state index contributed by atoms with van der Waals surface area (Å²) < 4.78 is 10.5. The molecular formula is C22H27ClN2O3. The van der Waals surface area contributed by atoms with Crippen molar-refractivity contribution >= 4 is 17.4 Å². The molecule has 0 radical (unpaired) electrons. The van der Waals surface area contributed by atoms with Gasteiger partial charge in [-0.3, -0.25) is 9.69 Å². The lowest BCUT2D eigenvalue weighted by atomic mass is 10.1. The maximum Gasteiger partial charge on any atom is 0.176 e. The molecule has 1 aliphatic heterocycles. The summed E-state index contributed by atoms with van der Waals surface area (Å²) in [4.78, 5) is 15.1. The fraction of sp³-hybridized carbons (Fsp3) is 0.409. The molecule has 0 aromatic heterocycles. The van der Waals surface area contributed by atoms with E-state index in [1.54, 1.807) is 32.4 Å². The first-order chi connectivity index (χ1) is 13.6. The van der Waals surface area contributed by atoms with E-state index in [-0.39, 0.29) is 18.4 Å². The quantitative estimate of drug-likeness (QED) is 0.643. The Morgan fingerprint density at radius 1 is 1.07 bits per heavy atom. The number of ether oxygens (including phenoxy) is 2. The van der Waals surface area contributed by atoms with Crippen LogP contribution in [-0.4, -0.2) is 51.1 Å². The standard InChI is InChI=1S/C22H27ClN2O3/c1-27-21-10-7-17(13-22(21)28-2)20(26)15-24-14-19(25-11-3-4-12-25)16-5-8-18(23)9-6-16/h5-10,13,19,24H,3-4,11-12,14-15H2,1-2H3. The number of nitrogens with zero attached hydrogens (tertiary/aromatic N) is 1. The molecule has 0 saturated carbocycles. The van der Waals surface area contributed by atoms with Gasteiger partial charge in [-0.15, -0.1) is 0 Å². The van der Waals surface area contributed by atoms with Crippen LogP contribution in [-0.2, 0) is 0 Å². The number of likely N-dealkylation sites (tertiary alicyclic amines) is 1. The van der Waals surface area contributed by atoms with Crippen molar-refractivity contribution in [1.82, 2.24) is 10.2 Å². The molecule has 1 fully saturated rings. The summed E-state index contributed by atoms with van der Waals surface area (Å²) in [6, 6.07) is 13.5. The molecule has 1 N–H and O–H groups in total. The van der Waals surface area contributed by atoms with Crippen LogP contribution in [0.2, 0.25) is 5.02 Å². The van der Waals surface area contributed by atoms with Crippen LogP contribution in [0.5, 0.6) is 11.5 Å². The Balaban J connectivity index is 1.63. The Hall–Kier alpha value is -2.08. The minimum absolute atomic E-state index is 0.0252. The molecule has 0 amide bonds. The van der Waals surface area contributed by atoms with Crippen molar-refractivity contribution in [3.8, 4) is 11.5 Å². The maximum atomic E-state index is 12.6. The molecule has 1 atom stereocenters. The number of ketones is 1. The number of carbonyl (C=O) groups is 1. The third-order valence-corrected chi connectivity index (χ3v) is 5.42. The summed E-state index contributed by atoms with van der Waals surface area (Å²) in [7, 11) is 3.15. The van der Waals surface area contributed by atoms with Gasteiger partial charge in [-0.05, 0) is 61.8 Å². The van der Waals surface area contributed by atoms with E-state index in [1.807, 2.05) is 12.1 Å². The number of benzene rings is 2. The van der Waals surface area contributed by atoms with Crippen LogP contribution in [0.15, 0.2) is 42.5 Å². The Morgan fingerprint density at radius 3 is 2.39 bits per heavy atom. The van der Waals surface area contributed by atoms with E-state index in [0.29, 0.717) is 23.6 Å². The van der Waals surface area contributed by atoms with Gasteiger partial charge in [0.15, 0.2) is 17.3 Å². The van der Waals surface area contributed by atoms with Crippen LogP contribution in [0, 0.1) is 0 Å².